The number of thioether (sulfide) groups is 1. The number of halogens is 1. The van der Waals surface area contributed by atoms with Crippen LogP contribution in [-0.4, -0.2) is 42.5 Å². The van der Waals surface area contributed by atoms with E-state index in [0.717, 1.165) is 29.1 Å². The molecule has 0 bridgehead atoms. The Hall–Kier alpha value is -0.680. The van der Waals surface area contributed by atoms with Gasteiger partial charge in [0.05, 0.1) is 12.7 Å². The number of hydrogen-bond donors (Lipinski definition) is 0. The Morgan fingerprint density at radius 1 is 1.41 bits per heavy atom. The molecule has 92 valence electrons. The summed E-state index contributed by atoms with van der Waals surface area (Å²) < 4.78 is 5.97. The summed E-state index contributed by atoms with van der Waals surface area (Å²) in [6.07, 6.45) is 0. The Balaban J connectivity index is 2.22. The Labute approximate surface area is 114 Å². The van der Waals surface area contributed by atoms with Gasteiger partial charge in [0.1, 0.15) is 5.75 Å². The van der Waals surface area contributed by atoms with Gasteiger partial charge < -0.3 is 9.64 Å². The van der Waals surface area contributed by atoms with E-state index in [-0.39, 0.29) is 5.91 Å². The van der Waals surface area contributed by atoms with Crippen LogP contribution in [0.4, 0.5) is 0 Å². The lowest BCUT2D eigenvalue weighted by atomic mass is 10.2. The first-order valence-corrected chi connectivity index (χ1v) is 7.37. The van der Waals surface area contributed by atoms with Crippen molar-refractivity contribution in [1.29, 1.82) is 0 Å². The summed E-state index contributed by atoms with van der Waals surface area (Å²) in [4.78, 5) is 14.2. The van der Waals surface area contributed by atoms with Crippen molar-refractivity contribution in [3.8, 4) is 5.75 Å². The maximum atomic E-state index is 12.3. The summed E-state index contributed by atoms with van der Waals surface area (Å²) >= 11 is 5.31. The first-order valence-electron chi connectivity index (χ1n) is 5.43. The van der Waals surface area contributed by atoms with Crippen LogP contribution < -0.4 is 4.74 Å². The number of ether oxygens (including phenoxy) is 1. The van der Waals surface area contributed by atoms with Crippen molar-refractivity contribution in [3.63, 3.8) is 0 Å². The molecule has 1 aromatic carbocycles. The third kappa shape index (κ3) is 2.96. The van der Waals surface area contributed by atoms with Gasteiger partial charge >= 0.3 is 0 Å². The predicted molar refractivity (Wildman–Crippen MR) is 73.9 cm³/mol. The Kier molecular flexibility index (Phi) is 4.34. The highest BCUT2D eigenvalue weighted by Crippen LogP contribution is 2.24. The van der Waals surface area contributed by atoms with E-state index < -0.39 is 0 Å². The van der Waals surface area contributed by atoms with Crippen LogP contribution in [0.3, 0.4) is 0 Å². The minimum atomic E-state index is 0.0797. The molecule has 2 rings (SSSR count). The lowest BCUT2D eigenvalue weighted by Crippen LogP contribution is -2.38. The van der Waals surface area contributed by atoms with Gasteiger partial charge in [-0.15, -0.1) is 0 Å². The van der Waals surface area contributed by atoms with E-state index in [4.69, 9.17) is 4.74 Å². The van der Waals surface area contributed by atoms with Crippen molar-refractivity contribution >= 4 is 33.6 Å². The fourth-order valence-electron chi connectivity index (χ4n) is 1.73. The highest BCUT2D eigenvalue weighted by molar-refractivity contribution is 9.10. The molecular weight excluding hydrogens is 302 g/mol. The molecule has 0 aromatic heterocycles. The van der Waals surface area contributed by atoms with Gasteiger partial charge in [-0.2, -0.15) is 11.8 Å². The molecule has 3 nitrogen and oxygen atoms in total. The van der Waals surface area contributed by atoms with E-state index in [0.29, 0.717) is 11.3 Å². The molecule has 1 aromatic rings. The van der Waals surface area contributed by atoms with E-state index in [1.54, 1.807) is 13.2 Å². The number of rotatable bonds is 2. The summed E-state index contributed by atoms with van der Waals surface area (Å²) in [5.41, 5.74) is 0.677. The van der Waals surface area contributed by atoms with Crippen LogP contribution in [0.15, 0.2) is 22.7 Å². The molecule has 1 aliphatic rings. The molecule has 0 atom stereocenters. The average Bonchev–Trinajstić information content (AvgIpc) is 2.39. The van der Waals surface area contributed by atoms with Crippen molar-refractivity contribution in [2.24, 2.45) is 0 Å². The zero-order chi connectivity index (χ0) is 12.3. The summed E-state index contributed by atoms with van der Waals surface area (Å²) in [6, 6.07) is 5.48. The smallest absolute Gasteiger partial charge is 0.255 e. The minimum Gasteiger partial charge on any atom is -0.497 e. The lowest BCUT2D eigenvalue weighted by molar-refractivity contribution is 0.0771. The second kappa shape index (κ2) is 5.78. The van der Waals surface area contributed by atoms with Crippen molar-refractivity contribution in [2.75, 3.05) is 31.7 Å². The van der Waals surface area contributed by atoms with Gasteiger partial charge in [-0.3, -0.25) is 4.79 Å². The van der Waals surface area contributed by atoms with Crippen molar-refractivity contribution < 1.29 is 9.53 Å². The molecule has 1 aliphatic heterocycles. The summed E-state index contributed by atoms with van der Waals surface area (Å²) in [7, 11) is 1.61. The molecule has 0 saturated carbocycles. The molecule has 0 radical (unpaired) electrons. The number of nitrogens with zero attached hydrogens (tertiary/aromatic N) is 1. The van der Waals surface area contributed by atoms with Gasteiger partial charge in [-0.25, -0.2) is 0 Å². The molecule has 1 fully saturated rings. The monoisotopic (exact) mass is 315 g/mol. The standard InChI is InChI=1S/C12H14BrNO2S/c1-16-9-2-3-11(13)10(8-9)12(15)14-4-6-17-7-5-14/h2-3,8H,4-7H2,1H3. The molecule has 0 N–H and O–H groups in total. The zero-order valence-corrected chi connectivity index (χ0v) is 12.0. The van der Waals surface area contributed by atoms with Crippen LogP contribution in [0.5, 0.6) is 5.75 Å². The van der Waals surface area contributed by atoms with Crippen LogP contribution in [-0.2, 0) is 0 Å². The Morgan fingerprint density at radius 2 is 2.12 bits per heavy atom. The van der Waals surface area contributed by atoms with Gasteiger partial charge in [0, 0.05) is 29.1 Å². The number of amides is 1. The number of hydrogen-bond acceptors (Lipinski definition) is 3. The van der Waals surface area contributed by atoms with Crippen molar-refractivity contribution in [1.82, 2.24) is 4.90 Å². The Morgan fingerprint density at radius 3 is 2.76 bits per heavy atom. The van der Waals surface area contributed by atoms with Crippen LogP contribution in [0, 0.1) is 0 Å². The first-order chi connectivity index (χ1) is 8.22. The third-order valence-corrected chi connectivity index (χ3v) is 4.34. The van der Waals surface area contributed by atoms with Crippen molar-refractivity contribution in [3.05, 3.63) is 28.2 Å². The van der Waals surface area contributed by atoms with E-state index in [1.807, 2.05) is 28.8 Å². The third-order valence-electron chi connectivity index (χ3n) is 2.70. The second-order valence-electron chi connectivity index (χ2n) is 3.75. The van der Waals surface area contributed by atoms with E-state index in [2.05, 4.69) is 15.9 Å². The topological polar surface area (TPSA) is 29.5 Å². The molecule has 0 unspecified atom stereocenters. The summed E-state index contributed by atoms with van der Waals surface area (Å²) in [5, 5.41) is 0. The van der Waals surface area contributed by atoms with Crippen LogP contribution in [0.1, 0.15) is 10.4 Å². The second-order valence-corrected chi connectivity index (χ2v) is 5.83. The molecule has 1 amide bonds. The molecule has 1 saturated heterocycles. The fraction of sp³-hybridized carbons (Fsp3) is 0.417. The van der Waals surface area contributed by atoms with Crippen LogP contribution in [0.2, 0.25) is 0 Å². The van der Waals surface area contributed by atoms with Crippen molar-refractivity contribution in [2.45, 2.75) is 0 Å². The largest absolute Gasteiger partial charge is 0.497 e. The molecule has 17 heavy (non-hydrogen) atoms. The normalized spacial score (nSPS) is 15.8. The molecule has 1 heterocycles. The van der Waals surface area contributed by atoms with Crippen LogP contribution in [0.25, 0.3) is 0 Å². The minimum absolute atomic E-state index is 0.0797. The van der Waals surface area contributed by atoms with Gasteiger partial charge in [0.25, 0.3) is 5.91 Å². The number of carbonyl (C=O) groups excluding carboxylic acids is 1. The molecule has 0 aliphatic carbocycles. The van der Waals surface area contributed by atoms with Gasteiger partial charge in [0.2, 0.25) is 0 Å². The summed E-state index contributed by atoms with van der Waals surface area (Å²) in [5.74, 6) is 2.83. The van der Waals surface area contributed by atoms with E-state index >= 15 is 0 Å². The quantitative estimate of drug-likeness (QED) is 0.840. The highest BCUT2D eigenvalue weighted by atomic mass is 79.9. The highest BCUT2D eigenvalue weighted by Gasteiger charge is 2.20. The maximum absolute atomic E-state index is 12.3. The Bertz CT molecular complexity index is 419. The van der Waals surface area contributed by atoms with E-state index in [1.165, 1.54) is 0 Å². The zero-order valence-electron chi connectivity index (χ0n) is 9.61. The van der Waals surface area contributed by atoms with Gasteiger partial charge in [-0.1, -0.05) is 0 Å². The number of methoxy groups -OCH3 is 1. The fourth-order valence-corrected chi connectivity index (χ4v) is 3.05. The number of benzene rings is 1. The molecule has 5 heteroatoms. The van der Waals surface area contributed by atoms with E-state index in [9.17, 15) is 4.79 Å². The predicted octanol–water partition coefficient (Wildman–Crippen LogP) is 2.65. The van der Waals surface area contributed by atoms with Crippen LogP contribution >= 0.6 is 27.7 Å². The molecular formula is C12H14BrNO2S. The average molecular weight is 316 g/mol. The maximum Gasteiger partial charge on any atom is 0.255 e. The van der Waals surface area contributed by atoms with Gasteiger partial charge in [0.15, 0.2) is 0 Å². The number of carbonyl (C=O) groups is 1. The SMILES string of the molecule is COc1ccc(Br)c(C(=O)N2CCSCC2)c1. The molecule has 0 spiro atoms. The lowest BCUT2D eigenvalue weighted by Gasteiger charge is -2.26. The summed E-state index contributed by atoms with van der Waals surface area (Å²) in [6.45, 7) is 1.65. The van der Waals surface area contributed by atoms with Gasteiger partial charge in [-0.05, 0) is 34.1 Å². The first kappa shape index (κ1) is 12.8.